The second-order valence-corrected chi connectivity index (χ2v) is 12.1. The van der Waals surface area contributed by atoms with Crippen LogP contribution in [0.4, 0.5) is 0 Å². The monoisotopic (exact) mass is 678 g/mol. The molecule has 0 aliphatic heterocycles. The second kappa shape index (κ2) is 11.2. The second-order valence-electron chi connectivity index (χ2n) is 12.1. The van der Waals surface area contributed by atoms with E-state index in [0.717, 1.165) is 21.5 Å². The van der Waals surface area contributed by atoms with E-state index in [9.17, 15) is 4.11 Å². The van der Waals surface area contributed by atoms with Gasteiger partial charge >= 0.3 is 0 Å². The highest BCUT2D eigenvalue weighted by atomic mass is 16.4. The topological polar surface area (TPSA) is 77.8 Å². The zero-order chi connectivity index (χ0) is 44.6. The largest absolute Gasteiger partial charge is 0.456 e. The quantitative estimate of drug-likeness (QED) is 0.184. The Morgan fingerprint density at radius 3 is 1.73 bits per heavy atom. The first kappa shape index (κ1) is 19.3. The van der Waals surface area contributed by atoms with Gasteiger partial charge in [0.15, 0.2) is 23.1 Å². The highest BCUT2D eigenvalue weighted by Crippen LogP contribution is 2.41. The van der Waals surface area contributed by atoms with Crippen LogP contribution in [-0.4, -0.2) is 19.9 Å². The van der Waals surface area contributed by atoms with Crippen molar-refractivity contribution in [3.8, 4) is 45.6 Å². The lowest BCUT2D eigenvalue weighted by atomic mass is 10.0. The van der Waals surface area contributed by atoms with E-state index in [0.29, 0.717) is 11.1 Å². The van der Waals surface area contributed by atoms with E-state index in [1.54, 1.807) is 0 Å². The van der Waals surface area contributed by atoms with Crippen molar-refractivity contribution in [1.82, 2.24) is 19.9 Å². The van der Waals surface area contributed by atoms with Gasteiger partial charge in [0.2, 0.25) is 5.89 Å². The van der Waals surface area contributed by atoms with Crippen LogP contribution in [-0.2, 0) is 0 Å². The summed E-state index contributed by atoms with van der Waals surface area (Å²) < 4.78 is 118. The number of nitrogens with zero attached hydrogens (tertiary/aromatic N) is 4. The van der Waals surface area contributed by atoms with Crippen molar-refractivity contribution >= 4 is 65.4 Å². The number of benzene rings is 8. The van der Waals surface area contributed by atoms with Crippen molar-refractivity contribution in [1.29, 1.82) is 0 Å². The average Bonchev–Trinajstić information content (AvgIpc) is 3.93. The van der Waals surface area contributed by atoms with Gasteiger partial charge in [0.25, 0.3) is 0 Å². The van der Waals surface area contributed by atoms with Crippen molar-refractivity contribution in [3.05, 3.63) is 157 Å². The number of furan rings is 1. The molecule has 11 aromatic rings. The van der Waals surface area contributed by atoms with Crippen molar-refractivity contribution in [2.24, 2.45) is 0 Å². The molecule has 8 aromatic carbocycles. The molecule has 6 nitrogen and oxygen atoms in total. The van der Waals surface area contributed by atoms with Gasteiger partial charge in [-0.2, -0.15) is 0 Å². The van der Waals surface area contributed by atoms with Crippen molar-refractivity contribution in [3.63, 3.8) is 0 Å². The Balaban J connectivity index is 1.25. The molecule has 0 unspecified atom stereocenters. The fourth-order valence-corrected chi connectivity index (χ4v) is 6.54. The molecule has 0 fully saturated rings. The van der Waals surface area contributed by atoms with Gasteiger partial charge in [0.05, 0.1) is 21.8 Å². The van der Waals surface area contributed by atoms with Crippen molar-refractivity contribution in [2.45, 2.75) is 0 Å². The molecular weight excluding hydrogens is 641 g/mol. The Kier molecular flexibility index (Phi) is 4.14. The first-order valence-electron chi connectivity index (χ1n) is 22.2. The summed E-state index contributed by atoms with van der Waals surface area (Å²) >= 11 is 0. The van der Waals surface area contributed by atoms with Crippen LogP contribution in [0.5, 0.6) is 0 Å². The van der Waals surface area contributed by atoms with Gasteiger partial charge in [-0.1, -0.05) is 109 Å². The summed E-state index contributed by atoms with van der Waals surface area (Å²) in [6.07, 6.45) is 0. The number of fused-ring (bicyclic) bond motifs is 9. The van der Waals surface area contributed by atoms with Gasteiger partial charge in [-0.3, -0.25) is 0 Å². The third-order valence-corrected chi connectivity index (χ3v) is 9.01. The van der Waals surface area contributed by atoms with E-state index in [2.05, 4.69) is 4.98 Å². The van der Waals surface area contributed by atoms with Gasteiger partial charge in [-0.15, -0.1) is 0 Å². The predicted molar refractivity (Wildman–Crippen MR) is 209 cm³/mol. The van der Waals surface area contributed by atoms with Crippen LogP contribution in [0.2, 0.25) is 0 Å². The van der Waals surface area contributed by atoms with Crippen LogP contribution in [0, 0.1) is 0 Å². The molecule has 0 saturated heterocycles. The molecule has 52 heavy (non-hydrogen) atoms. The smallest absolute Gasteiger partial charge is 0.227 e. The van der Waals surface area contributed by atoms with Gasteiger partial charge < -0.3 is 8.83 Å². The molecule has 0 saturated carbocycles. The molecule has 11 rings (SSSR count). The van der Waals surface area contributed by atoms with Crippen molar-refractivity contribution < 1.29 is 25.3 Å². The third-order valence-electron chi connectivity index (χ3n) is 9.01. The first-order valence-corrected chi connectivity index (χ1v) is 16.2. The van der Waals surface area contributed by atoms with E-state index in [1.165, 1.54) is 0 Å². The molecule has 0 amide bonds. The molecule has 0 radical (unpaired) electrons. The molecule has 0 aliphatic carbocycles. The Morgan fingerprint density at radius 1 is 0.442 bits per heavy atom. The van der Waals surface area contributed by atoms with E-state index >= 15 is 0 Å². The summed E-state index contributed by atoms with van der Waals surface area (Å²) in [5, 5.41) is 3.27. The molecule has 0 aliphatic rings. The third kappa shape index (κ3) is 4.58. The summed E-state index contributed by atoms with van der Waals surface area (Å²) in [6, 6.07) is 20.3. The van der Waals surface area contributed by atoms with Gasteiger partial charge in [-0.25, -0.2) is 19.9 Å². The summed E-state index contributed by atoms with van der Waals surface area (Å²) in [7, 11) is 0. The van der Waals surface area contributed by atoms with Crippen LogP contribution >= 0.6 is 0 Å². The lowest BCUT2D eigenvalue weighted by molar-refractivity contribution is 0.622. The number of hydrogen-bond acceptors (Lipinski definition) is 6. The van der Waals surface area contributed by atoms with Crippen LogP contribution < -0.4 is 0 Å². The predicted octanol–water partition coefficient (Wildman–Crippen LogP) is 12.0. The molecule has 0 bridgehead atoms. The molecule has 3 aromatic heterocycles. The maximum absolute atomic E-state index is 9.88. The molecule has 6 heteroatoms. The minimum absolute atomic E-state index is 0.0634. The number of hydrogen-bond donors (Lipinski definition) is 0. The molecule has 0 atom stereocenters. The summed E-state index contributed by atoms with van der Waals surface area (Å²) in [5.41, 5.74) is -0.412. The molecular formula is C46H26N4O2. The summed E-state index contributed by atoms with van der Waals surface area (Å²) in [4.78, 5) is 18.9. The number of rotatable bonds is 4. The standard InChI is InChI=1S/C46H26N4O2/c1-2-10-30(11-3-1)46-47-37-21-23-39-41(42(37)52-46)40-36-26-35(19-16-29(36)20-22-38(40)51-39)45-49-43(33-17-14-27-8-4-6-12-31(27)24-33)48-44(50-45)34-18-15-28-9-5-7-13-32(28)25-34/h1-26H/i1D,2D,3D,10D,11D,16D,19D,20D,21D,22D,23D,26D. The van der Waals surface area contributed by atoms with E-state index in [-0.39, 0.29) is 66.8 Å². The maximum Gasteiger partial charge on any atom is 0.227 e. The fourth-order valence-electron chi connectivity index (χ4n) is 6.54. The normalized spacial score (nSPS) is 15.1. The Morgan fingerprint density at radius 2 is 1.04 bits per heavy atom. The lowest BCUT2D eigenvalue weighted by Gasteiger charge is -2.10. The van der Waals surface area contributed by atoms with Gasteiger partial charge in [0, 0.05) is 27.6 Å². The minimum Gasteiger partial charge on any atom is -0.456 e. The Hall–Kier alpha value is -7.18. The highest BCUT2D eigenvalue weighted by Gasteiger charge is 2.20. The maximum atomic E-state index is 9.88. The Bertz CT molecular complexity index is 3780. The van der Waals surface area contributed by atoms with E-state index in [4.69, 9.17) is 36.1 Å². The van der Waals surface area contributed by atoms with Crippen LogP contribution in [0.1, 0.15) is 16.4 Å². The summed E-state index contributed by atoms with van der Waals surface area (Å²) in [6.45, 7) is 0. The van der Waals surface area contributed by atoms with Gasteiger partial charge in [0.1, 0.15) is 16.7 Å². The van der Waals surface area contributed by atoms with E-state index < -0.39 is 84.0 Å². The Labute approximate surface area is 313 Å². The van der Waals surface area contributed by atoms with E-state index in [1.807, 2.05) is 84.9 Å². The molecule has 0 spiro atoms. The van der Waals surface area contributed by atoms with Crippen LogP contribution in [0.15, 0.2) is 166 Å². The molecule has 242 valence electrons. The number of oxazole rings is 1. The summed E-state index contributed by atoms with van der Waals surface area (Å²) in [5.74, 6) is -0.145. The zero-order valence-electron chi connectivity index (χ0n) is 38.7. The molecule has 3 heterocycles. The fraction of sp³-hybridized carbons (Fsp3) is 0. The lowest BCUT2D eigenvalue weighted by Crippen LogP contribution is -2.00. The van der Waals surface area contributed by atoms with Crippen LogP contribution in [0.3, 0.4) is 0 Å². The van der Waals surface area contributed by atoms with Gasteiger partial charge in [-0.05, 0) is 80.7 Å². The highest BCUT2D eigenvalue weighted by molar-refractivity contribution is 6.25. The minimum atomic E-state index is -0.649. The number of aromatic nitrogens is 4. The first-order chi connectivity index (χ1) is 30.7. The van der Waals surface area contributed by atoms with Crippen molar-refractivity contribution in [2.75, 3.05) is 0 Å². The zero-order valence-corrected chi connectivity index (χ0v) is 26.7. The van der Waals surface area contributed by atoms with Crippen LogP contribution in [0.25, 0.3) is 111 Å². The average molecular weight is 679 g/mol. The molecule has 0 N–H and O–H groups in total. The SMILES string of the molecule is [2H]c1c([2H])c([2H])c(-c2nc3c([2H])c([2H])c4oc5c([2H])c([2H])c6c([2H])c([2H])c(-c7nc(-c8ccc9ccccc9c8)nc(-c8ccc9ccccc9c8)n7)c([2H])c6c5c4c3o2)c([2H])c1[2H].